The summed E-state index contributed by atoms with van der Waals surface area (Å²) in [6.07, 6.45) is -0.280. The smallest absolute Gasteiger partial charge is 0.313 e. The molecule has 0 aliphatic heterocycles. The van der Waals surface area contributed by atoms with Gasteiger partial charge in [0.2, 0.25) is 34.8 Å². The van der Waals surface area contributed by atoms with Crippen molar-refractivity contribution in [2.24, 2.45) is 0 Å². The molecule has 0 unspecified atom stereocenters. The molecule has 0 atom stereocenters. The maximum absolute atomic E-state index is 13.5. The van der Waals surface area contributed by atoms with Crippen LogP contribution in [0.25, 0.3) is 0 Å². The fraction of sp³-hybridized carbons (Fsp3) is 0.767. The highest BCUT2D eigenvalue weighted by Crippen LogP contribution is 2.29. The number of hydrogen-bond donors (Lipinski definition) is 0. The van der Waals surface area contributed by atoms with Crippen LogP contribution in [0.3, 0.4) is 0 Å². The maximum atomic E-state index is 13.5. The molecule has 0 aliphatic carbocycles. The summed E-state index contributed by atoms with van der Waals surface area (Å²) >= 11 is 0. The highest BCUT2D eigenvalue weighted by molar-refractivity contribution is 5.72. The first-order valence-corrected chi connectivity index (χ1v) is 15.3. The molecule has 0 aliphatic rings. The number of benzene rings is 1. The molecular formula is C30H47F5O12. The maximum Gasteiger partial charge on any atom is 0.313 e. The summed E-state index contributed by atoms with van der Waals surface area (Å²) in [5.74, 6) is -14.1. The molecular weight excluding hydrogens is 647 g/mol. The lowest BCUT2D eigenvalue weighted by molar-refractivity contribution is -0.136. The van der Waals surface area contributed by atoms with Crippen molar-refractivity contribution in [2.45, 2.75) is 26.4 Å². The number of esters is 1. The Morgan fingerprint density at radius 3 is 0.979 bits per heavy atom. The van der Waals surface area contributed by atoms with Crippen LogP contribution in [0.5, 0.6) is 5.75 Å². The van der Waals surface area contributed by atoms with Crippen LogP contribution < -0.4 is 4.74 Å². The summed E-state index contributed by atoms with van der Waals surface area (Å²) in [6.45, 7) is 11.1. The Kier molecular flexibility index (Phi) is 26.4. The largest absolute Gasteiger partial charge is 0.420 e. The van der Waals surface area contributed by atoms with Crippen LogP contribution in [0.4, 0.5) is 22.0 Å². The third-order valence-corrected chi connectivity index (χ3v) is 5.49. The second-order valence-corrected chi connectivity index (χ2v) is 9.55. The van der Waals surface area contributed by atoms with E-state index in [9.17, 15) is 26.7 Å². The molecule has 0 heterocycles. The number of hydrogen-bond acceptors (Lipinski definition) is 12. The molecule has 0 aromatic heterocycles. The third-order valence-electron chi connectivity index (χ3n) is 5.49. The molecule has 0 fully saturated rings. The minimum atomic E-state index is -2.35. The average molecular weight is 695 g/mol. The molecule has 1 aromatic carbocycles. The van der Waals surface area contributed by atoms with Crippen molar-refractivity contribution >= 4 is 5.97 Å². The topological polar surface area (TPSA) is 119 Å². The van der Waals surface area contributed by atoms with E-state index < -0.39 is 47.2 Å². The Hall–Kier alpha value is -2.06. The molecule has 0 bridgehead atoms. The molecule has 12 nitrogen and oxygen atoms in total. The van der Waals surface area contributed by atoms with E-state index in [1.165, 1.54) is 0 Å². The van der Waals surface area contributed by atoms with E-state index >= 15 is 0 Å². The van der Waals surface area contributed by atoms with Gasteiger partial charge in [0.05, 0.1) is 138 Å². The summed E-state index contributed by atoms with van der Waals surface area (Å²) in [4.78, 5) is 11.6. The molecule has 274 valence electrons. The van der Waals surface area contributed by atoms with Crippen molar-refractivity contribution in [3.63, 3.8) is 0 Å². The van der Waals surface area contributed by atoms with Crippen molar-refractivity contribution in [1.29, 1.82) is 0 Å². The van der Waals surface area contributed by atoms with Crippen molar-refractivity contribution in [3.8, 4) is 5.75 Å². The first-order valence-electron chi connectivity index (χ1n) is 15.3. The highest BCUT2D eigenvalue weighted by atomic mass is 19.2. The van der Waals surface area contributed by atoms with Crippen LogP contribution in [-0.4, -0.2) is 138 Å². The molecule has 0 saturated heterocycles. The third kappa shape index (κ3) is 22.2. The van der Waals surface area contributed by atoms with Crippen LogP contribution in [-0.2, 0) is 52.2 Å². The summed E-state index contributed by atoms with van der Waals surface area (Å²) < 4.78 is 124. The first-order chi connectivity index (χ1) is 22.8. The average Bonchev–Trinajstić information content (AvgIpc) is 3.05. The van der Waals surface area contributed by atoms with Crippen molar-refractivity contribution < 1.29 is 78.9 Å². The predicted molar refractivity (Wildman–Crippen MR) is 155 cm³/mol. The van der Waals surface area contributed by atoms with Crippen LogP contribution in [0.15, 0.2) is 0 Å². The minimum absolute atomic E-state index is 0.0832. The van der Waals surface area contributed by atoms with E-state index in [4.69, 9.17) is 47.4 Å². The molecule has 0 saturated carbocycles. The van der Waals surface area contributed by atoms with Gasteiger partial charge in [-0.25, -0.2) is 13.2 Å². The fourth-order valence-electron chi connectivity index (χ4n) is 3.20. The number of ether oxygens (including phenoxy) is 11. The molecule has 0 N–H and O–H groups in total. The Balaban J connectivity index is 1.77. The Morgan fingerprint density at radius 2 is 0.681 bits per heavy atom. The Morgan fingerprint density at radius 1 is 0.426 bits per heavy atom. The number of rotatable bonds is 32. The summed E-state index contributed by atoms with van der Waals surface area (Å²) in [6, 6.07) is 0. The number of carbonyl (C=O) groups excluding carboxylic acids is 1. The van der Waals surface area contributed by atoms with Crippen molar-refractivity contribution in [2.75, 3.05) is 126 Å². The summed E-state index contributed by atoms with van der Waals surface area (Å²) in [5, 5.41) is 0. The molecule has 0 amide bonds. The van der Waals surface area contributed by atoms with Crippen LogP contribution in [0.1, 0.15) is 20.3 Å². The SMILES string of the molecule is CC(C)OCCOCCOCCOCCOCCOCCOCCOCCOCCOCCC(=O)Oc1c(F)c(F)c(F)c(F)c1F. The lowest BCUT2D eigenvalue weighted by atomic mass is 10.2. The normalized spacial score (nSPS) is 11.6. The van der Waals surface area contributed by atoms with Crippen molar-refractivity contribution in [3.05, 3.63) is 29.1 Å². The van der Waals surface area contributed by atoms with Gasteiger partial charge in [-0.15, -0.1) is 0 Å². The second-order valence-electron chi connectivity index (χ2n) is 9.55. The molecule has 0 spiro atoms. The molecule has 17 heteroatoms. The molecule has 1 rings (SSSR count). The Bertz CT molecular complexity index is 916. The van der Waals surface area contributed by atoms with Gasteiger partial charge in [-0.1, -0.05) is 0 Å². The lowest BCUT2D eigenvalue weighted by Crippen LogP contribution is -2.16. The predicted octanol–water partition coefficient (Wildman–Crippen LogP) is 3.25. The lowest BCUT2D eigenvalue weighted by Gasteiger charge is -2.09. The van der Waals surface area contributed by atoms with Gasteiger partial charge in [0.1, 0.15) is 0 Å². The van der Waals surface area contributed by atoms with Gasteiger partial charge in [-0.2, -0.15) is 8.78 Å². The number of carbonyl (C=O) groups is 1. The molecule has 47 heavy (non-hydrogen) atoms. The van der Waals surface area contributed by atoms with Gasteiger partial charge in [0, 0.05) is 0 Å². The van der Waals surface area contributed by atoms with Gasteiger partial charge in [0.25, 0.3) is 0 Å². The number of halogens is 5. The summed E-state index contributed by atoms with van der Waals surface area (Å²) in [7, 11) is 0. The Labute approximate surface area is 271 Å². The summed E-state index contributed by atoms with van der Waals surface area (Å²) in [5.41, 5.74) is 0. The van der Waals surface area contributed by atoms with E-state index in [-0.39, 0.29) is 32.5 Å². The molecule has 0 radical (unpaired) electrons. The van der Waals surface area contributed by atoms with Crippen molar-refractivity contribution in [1.82, 2.24) is 0 Å². The molecule has 1 aromatic rings. The fourth-order valence-corrected chi connectivity index (χ4v) is 3.20. The minimum Gasteiger partial charge on any atom is -0.420 e. The van der Waals surface area contributed by atoms with Gasteiger partial charge >= 0.3 is 5.97 Å². The quantitative estimate of drug-likeness (QED) is 0.0275. The monoisotopic (exact) mass is 694 g/mol. The standard InChI is InChI=1S/C30H47F5O12/c1-23(2)46-22-21-45-20-19-44-18-17-43-16-15-42-14-13-41-12-11-40-10-9-39-8-7-38-6-5-37-4-3-24(36)47-30-28(34)26(32)25(31)27(33)29(30)35/h23H,3-22H2,1-2H3. The van der Waals surface area contributed by atoms with Crippen LogP contribution in [0.2, 0.25) is 0 Å². The van der Waals surface area contributed by atoms with E-state index in [1.54, 1.807) is 0 Å². The zero-order valence-corrected chi connectivity index (χ0v) is 27.0. The van der Waals surface area contributed by atoms with Gasteiger partial charge in [-0.3, -0.25) is 4.79 Å². The van der Waals surface area contributed by atoms with Crippen LogP contribution >= 0.6 is 0 Å². The van der Waals surface area contributed by atoms with E-state index in [2.05, 4.69) is 4.74 Å². The second kappa shape index (κ2) is 28.9. The zero-order chi connectivity index (χ0) is 34.5. The first kappa shape index (κ1) is 43.0. The zero-order valence-electron chi connectivity index (χ0n) is 27.0. The van der Waals surface area contributed by atoms with E-state index in [1.807, 2.05) is 13.8 Å². The van der Waals surface area contributed by atoms with E-state index in [0.717, 1.165) is 0 Å². The highest BCUT2D eigenvalue weighted by Gasteiger charge is 2.28. The van der Waals surface area contributed by atoms with E-state index in [0.29, 0.717) is 99.1 Å². The van der Waals surface area contributed by atoms with Crippen LogP contribution in [0, 0.1) is 29.1 Å². The van der Waals surface area contributed by atoms with Gasteiger partial charge in [-0.05, 0) is 13.8 Å². The van der Waals surface area contributed by atoms with Gasteiger partial charge < -0.3 is 52.1 Å². The van der Waals surface area contributed by atoms with Gasteiger partial charge in [0.15, 0.2) is 0 Å².